The van der Waals surface area contributed by atoms with E-state index in [1.165, 1.54) is 7.11 Å². The summed E-state index contributed by atoms with van der Waals surface area (Å²) in [7, 11) is 1.39. The van der Waals surface area contributed by atoms with Gasteiger partial charge < -0.3 is 20.5 Å². The molecule has 2 atom stereocenters. The maximum atomic E-state index is 11.4. The molecule has 0 bridgehead atoms. The molecule has 2 unspecified atom stereocenters. The van der Waals surface area contributed by atoms with Crippen LogP contribution in [0.2, 0.25) is 0 Å². The smallest absolute Gasteiger partial charge is 0.328 e. The summed E-state index contributed by atoms with van der Waals surface area (Å²) in [6.07, 6.45) is 2.25. The molecular weight excluding hydrogens is 212 g/mol. The first-order chi connectivity index (χ1) is 7.54. The zero-order chi connectivity index (χ0) is 12.1. The number of carbonyl (C=O) groups is 2. The van der Waals surface area contributed by atoms with E-state index < -0.39 is 18.0 Å². The third kappa shape index (κ3) is 4.06. The van der Waals surface area contributed by atoms with Crippen LogP contribution in [-0.4, -0.2) is 42.9 Å². The van der Waals surface area contributed by atoms with Crippen molar-refractivity contribution in [1.82, 2.24) is 10.6 Å². The van der Waals surface area contributed by atoms with E-state index in [4.69, 9.17) is 9.84 Å². The lowest BCUT2D eigenvalue weighted by Crippen LogP contribution is -2.50. The fourth-order valence-corrected chi connectivity index (χ4v) is 1.46. The van der Waals surface area contributed by atoms with Gasteiger partial charge in [0.15, 0.2) is 6.04 Å². The summed E-state index contributed by atoms with van der Waals surface area (Å²) in [5.41, 5.74) is 0. The Kier molecular flexibility index (Phi) is 4.54. The first-order valence-electron chi connectivity index (χ1n) is 5.33. The maximum absolute atomic E-state index is 11.4. The van der Waals surface area contributed by atoms with E-state index in [-0.39, 0.29) is 12.6 Å². The third-order valence-electron chi connectivity index (χ3n) is 2.62. The number of rotatable bonds is 6. The van der Waals surface area contributed by atoms with Gasteiger partial charge >= 0.3 is 12.0 Å². The van der Waals surface area contributed by atoms with Gasteiger partial charge in [-0.1, -0.05) is 0 Å². The van der Waals surface area contributed by atoms with Gasteiger partial charge in [-0.15, -0.1) is 0 Å². The van der Waals surface area contributed by atoms with Gasteiger partial charge in [0.05, 0.1) is 6.61 Å². The Labute approximate surface area is 94.3 Å². The van der Waals surface area contributed by atoms with Gasteiger partial charge in [-0.05, 0) is 25.7 Å². The Bertz CT molecular complexity index is 266. The lowest BCUT2D eigenvalue weighted by atomic mass is 10.2. The van der Waals surface area contributed by atoms with Crippen LogP contribution in [0.15, 0.2) is 0 Å². The van der Waals surface area contributed by atoms with Crippen LogP contribution in [-0.2, 0) is 9.53 Å². The molecule has 16 heavy (non-hydrogen) atoms. The van der Waals surface area contributed by atoms with Crippen molar-refractivity contribution in [1.29, 1.82) is 0 Å². The quantitative estimate of drug-likeness (QED) is 0.607. The average Bonchev–Trinajstić information content (AvgIpc) is 2.99. The van der Waals surface area contributed by atoms with E-state index in [0.29, 0.717) is 5.92 Å². The summed E-state index contributed by atoms with van der Waals surface area (Å²) < 4.78 is 4.71. The van der Waals surface area contributed by atoms with Gasteiger partial charge in [-0.25, -0.2) is 9.59 Å². The minimum Gasteiger partial charge on any atom is -0.480 e. The first kappa shape index (κ1) is 12.8. The van der Waals surface area contributed by atoms with Crippen LogP contribution in [0.5, 0.6) is 0 Å². The number of nitrogens with one attached hydrogen (secondary N) is 2. The fraction of sp³-hybridized carbons (Fsp3) is 0.800. The molecule has 0 aromatic carbocycles. The highest BCUT2D eigenvalue weighted by Gasteiger charge is 2.29. The highest BCUT2D eigenvalue weighted by Crippen LogP contribution is 2.32. The molecule has 6 nitrogen and oxygen atoms in total. The summed E-state index contributed by atoms with van der Waals surface area (Å²) in [5, 5.41) is 13.9. The van der Waals surface area contributed by atoms with Crippen LogP contribution in [0.1, 0.15) is 19.8 Å². The molecular formula is C10H18N2O4. The van der Waals surface area contributed by atoms with Crippen molar-refractivity contribution in [3.05, 3.63) is 0 Å². The summed E-state index contributed by atoms with van der Waals surface area (Å²) in [4.78, 5) is 22.2. The molecule has 3 N–H and O–H groups in total. The Morgan fingerprint density at radius 3 is 2.50 bits per heavy atom. The van der Waals surface area contributed by atoms with Crippen LogP contribution in [0.3, 0.4) is 0 Å². The lowest BCUT2D eigenvalue weighted by Gasteiger charge is -2.17. The number of aliphatic carboxylic acids is 1. The highest BCUT2D eigenvalue weighted by atomic mass is 16.5. The minimum absolute atomic E-state index is 0.0411. The van der Waals surface area contributed by atoms with Crippen molar-refractivity contribution < 1.29 is 19.4 Å². The number of amides is 2. The Morgan fingerprint density at radius 1 is 1.44 bits per heavy atom. The van der Waals surface area contributed by atoms with E-state index in [0.717, 1.165) is 12.8 Å². The van der Waals surface area contributed by atoms with Crippen LogP contribution in [0.25, 0.3) is 0 Å². The molecule has 0 spiro atoms. The van der Waals surface area contributed by atoms with Gasteiger partial charge in [-0.2, -0.15) is 0 Å². The monoisotopic (exact) mass is 230 g/mol. The molecule has 1 aliphatic carbocycles. The Balaban J connectivity index is 2.32. The maximum Gasteiger partial charge on any atom is 0.328 e. The number of carboxylic acid groups (broad SMARTS) is 1. The standard InChI is InChI=1S/C10H18N2O4/c1-6(7-3-4-7)11-10(15)12-8(5-16-2)9(13)14/h6-8H,3-5H2,1-2H3,(H,13,14)(H2,11,12,15). The van der Waals surface area contributed by atoms with Crippen LogP contribution < -0.4 is 10.6 Å². The number of hydrogen-bond acceptors (Lipinski definition) is 3. The van der Waals surface area contributed by atoms with Crippen molar-refractivity contribution in [2.75, 3.05) is 13.7 Å². The fourth-order valence-electron chi connectivity index (χ4n) is 1.46. The van der Waals surface area contributed by atoms with Gasteiger partial charge in [0.2, 0.25) is 0 Å². The van der Waals surface area contributed by atoms with Crippen molar-refractivity contribution in [3.63, 3.8) is 0 Å². The molecule has 0 aliphatic heterocycles. The molecule has 0 aromatic heterocycles. The molecule has 0 saturated heterocycles. The van der Waals surface area contributed by atoms with Crippen molar-refractivity contribution in [2.45, 2.75) is 31.8 Å². The number of carbonyl (C=O) groups excluding carboxylic acids is 1. The van der Waals surface area contributed by atoms with Gasteiger partial charge in [0, 0.05) is 13.2 Å². The number of methoxy groups -OCH3 is 1. The summed E-state index contributed by atoms with van der Waals surface area (Å²) in [6.45, 7) is 1.88. The molecule has 0 aromatic rings. The molecule has 1 fully saturated rings. The van der Waals surface area contributed by atoms with E-state index in [2.05, 4.69) is 10.6 Å². The third-order valence-corrected chi connectivity index (χ3v) is 2.62. The molecule has 1 aliphatic rings. The normalized spacial score (nSPS) is 18.6. The summed E-state index contributed by atoms with van der Waals surface area (Å²) >= 11 is 0. The lowest BCUT2D eigenvalue weighted by molar-refractivity contribution is -0.140. The molecule has 0 radical (unpaired) electrons. The molecule has 1 rings (SSSR count). The predicted octanol–water partition coefficient (Wildman–Crippen LogP) is 0.184. The zero-order valence-corrected chi connectivity index (χ0v) is 9.53. The van der Waals surface area contributed by atoms with Gasteiger partial charge in [-0.3, -0.25) is 0 Å². The van der Waals surface area contributed by atoms with Crippen molar-refractivity contribution >= 4 is 12.0 Å². The zero-order valence-electron chi connectivity index (χ0n) is 9.53. The Hall–Kier alpha value is -1.30. The Morgan fingerprint density at radius 2 is 2.06 bits per heavy atom. The second-order valence-electron chi connectivity index (χ2n) is 4.09. The van der Waals surface area contributed by atoms with Crippen LogP contribution in [0.4, 0.5) is 4.79 Å². The second-order valence-corrected chi connectivity index (χ2v) is 4.09. The first-order valence-corrected chi connectivity index (χ1v) is 5.33. The van der Waals surface area contributed by atoms with E-state index in [9.17, 15) is 9.59 Å². The van der Waals surface area contributed by atoms with Crippen LogP contribution >= 0.6 is 0 Å². The molecule has 0 heterocycles. The van der Waals surface area contributed by atoms with E-state index in [1.54, 1.807) is 0 Å². The molecule has 2 amide bonds. The SMILES string of the molecule is COCC(NC(=O)NC(C)C1CC1)C(=O)O. The number of urea groups is 1. The number of hydrogen-bond donors (Lipinski definition) is 3. The molecule has 1 saturated carbocycles. The largest absolute Gasteiger partial charge is 0.480 e. The summed E-state index contributed by atoms with van der Waals surface area (Å²) in [6, 6.07) is -1.36. The predicted molar refractivity (Wildman–Crippen MR) is 57.2 cm³/mol. The van der Waals surface area contributed by atoms with Crippen molar-refractivity contribution in [2.24, 2.45) is 5.92 Å². The topological polar surface area (TPSA) is 87.7 Å². The van der Waals surface area contributed by atoms with E-state index in [1.807, 2.05) is 6.92 Å². The number of ether oxygens (including phenoxy) is 1. The van der Waals surface area contributed by atoms with E-state index >= 15 is 0 Å². The second kappa shape index (κ2) is 5.69. The number of carboxylic acids is 1. The van der Waals surface area contributed by atoms with Crippen LogP contribution in [0, 0.1) is 5.92 Å². The molecule has 92 valence electrons. The van der Waals surface area contributed by atoms with Gasteiger partial charge in [0.25, 0.3) is 0 Å². The molecule has 6 heteroatoms. The van der Waals surface area contributed by atoms with Crippen molar-refractivity contribution in [3.8, 4) is 0 Å². The van der Waals surface area contributed by atoms with Gasteiger partial charge in [0.1, 0.15) is 0 Å². The highest BCUT2D eigenvalue weighted by molar-refractivity contribution is 5.82. The average molecular weight is 230 g/mol. The summed E-state index contributed by atoms with van der Waals surface area (Å²) in [5.74, 6) is -0.562. The minimum atomic E-state index is -1.10.